The van der Waals surface area contributed by atoms with E-state index in [1.54, 1.807) is 25.1 Å². The van der Waals surface area contributed by atoms with Crippen molar-refractivity contribution >= 4 is 46.6 Å². The van der Waals surface area contributed by atoms with E-state index in [4.69, 9.17) is 23.2 Å². The summed E-state index contributed by atoms with van der Waals surface area (Å²) in [5.41, 5.74) is 0.374. The number of aromatic nitrogens is 1. The van der Waals surface area contributed by atoms with Crippen LogP contribution in [0.25, 0.3) is 0 Å². The van der Waals surface area contributed by atoms with E-state index < -0.39 is 18.0 Å². The second-order valence-corrected chi connectivity index (χ2v) is 6.67. The molecular weight excluding hydrogens is 391 g/mol. The molecule has 1 aromatic heterocycles. The molecule has 1 heterocycles. The molecule has 0 saturated carbocycles. The number of hydrogen-bond acceptors (Lipinski definition) is 4. The van der Waals surface area contributed by atoms with Crippen molar-refractivity contribution in [2.75, 3.05) is 11.1 Å². The maximum atomic E-state index is 12.9. The molecule has 0 saturated heterocycles. The lowest BCUT2D eigenvalue weighted by Gasteiger charge is -2.10. The van der Waals surface area contributed by atoms with E-state index in [1.807, 2.05) is 6.07 Å². The number of anilines is 1. The summed E-state index contributed by atoms with van der Waals surface area (Å²) < 4.78 is 25.7. The molecule has 1 aromatic carbocycles. The number of alkyl halides is 2. The van der Waals surface area contributed by atoms with Gasteiger partial charge in [0.05, 0.1) is 27.0 Å². The number of hydrogen-bond donors (Lipinski definition) is 1. The average Bonchev–Trinajstić information content (AvgIpc) is 2.56. The van der Waals surface area contributed by atoms with Crippen molar-refractivity contribution in [1.82, 2.24) is 4.98 Å². The molecule has 0 aliphatic rings. The zero-order valence-corrected chi connectivity index (χ0v) is 15.1. The van der Waals surface area contributed by atoms with Gasteiger partial charge in [0, 0.05) is 0 Å². The van der Waals surface area contributed by atoms with Gasteiger partial charge < -0.3 is 5.32 Å². The molecule has 0 unspecified atom stereocenters. The van der Waals surface area contributed by atoms with Gasteiger partial charge in [-0.3, -0.25) is 4.79 Å². The molecule has 1 N–H and O–H groups in total. The molecule has 0 radical (unpaired) electrons. The highest BCUT2D eigenvalue weighted by Gasteiger charge is 2.17. The molecule has 9 heteroatoms. The van der Waals surface area contributed by atoms with E-state index in [0.29, 0.717) is 5.56 Å². The van der Waals surface area contributed by atoms with Crippen LogP contribution < -0.4 is 5.32 Å². The van der Waals surface area contributed by atoms with Gasteiger partial charge in [-0.05, 0) is 30.7 Å². The summed E-state index contributed by atoms with van der Waals surface area (Å²) in [4.78, 5) is 15.9. The number of benzene rings is 1. The maximum absolute atomic E-state index is 12.9. The number of thioether (sulfide) groups is 1. The lowest BCUT2D eigenvalue weighted by atomic mass is 10.1. The quantitative estimate of drug-likeness (QED) is 0.695. The van der Waals surface area contributed by atoms with Crippen molar-refractivity contribution in [2.24, 2.45) is 0 Å². The van der Waals surface area contributed by atoms with Crippen LogP contribution in [-0.4, -0.2) is 16.6 Å². The highest BCUT2D eigenvalue weighted by Crippen LogP contribution is 2.31. The third-order valence-corrected chi connectivity index (χ3v) is 4.71. The zero-order valence-electron chi connectivity index (χ0n) is 12.8. The first-order valence-electron chi connectivity index (χ1n) is 6.90. The molecule has 2 rings (SSSR count). The van der Waals surface area contributed by atoms with E-state index in [-0.39, 0.29) is 32.1 Å². The lowest BCUT2D eigenvalue weighted by Crippen LogP contribution is -2.15. The molecule has 0 atom stereocenters. The van der Waals surface area contributed by atoms with Gasteiger partial charge in [0.25, 0.3) is 6.43 Å². The molecule has 0 aliphatic carbocycles. The number of carbonyl (C=O) groups excluding carboxylic acids is 1. The van der Waals surface area contributed by atoms with Gasteiger partial charge in [-0.1, -0.05) is 41.0 Å². The monoisotopic (exact) mass is 401 g/mol. The Morgan fingerprint density at radius 2 is 2.04 bits per heavy atom. The van der Waals surface area contributed by atoms with Gasteiger partial charge in [0.1, 0.15) is 16.8 Å². The molecule has 2 aromatic rings. The maximum Gasteiger partial charge on any atom is 0.280 e. The topological polar surface area (TPSA) is 65.8 Å². The normalized spacial score (nSPS) is 10.6. The number of pyridine rings is 1. The fourth-order valence-corrected chi connectivity index (χ4v) is 3.30. The Morgan fingerprint density at radius 1 is 1.40 bits per heavy atom. The van der Waals surface area contributed by atoms with Crippen molar-refractivity contribution in [3.8, 4) is 6.07 Å². The zero-order chi connectivity index (χ0) is 18.6. The largest absolute Gasteiger partial charge is 0.323 e. The first-order valence-corrected chi connectivity index (χ1v) is 8.64. The summed E-state index contributed by atoms with van der Waals surface area (Å²) in [7, 11) is 0. The summed E-state index contributed by atoms with van der Waals surface area (Å²) in [6.07, 6.45) is -2.76. The first kappa shape index (κ1) is 19.4. The van der Waals surface area contributed by atoms with Crippen molar-refractivity contribution in [1.29, 1.82) is 5.26 Å². The van der Waals surface area contributed by atoms with Crippen LogP contribution in [0, 0.1) is 18.3 Å². The molecule has 130 valence electrons. The Bertz CT molecular complexity index is 836. The summed E-state index contributed by atoms with van der Waals surface area (Å²) in [6.45, 7) is 1.54. The van der Waals surface area contributed by atoms with Crippen LogP contribution in [0.3, 0.4) is 0 Å². The van der Waals surface area contributed by atoms with Crippen LogP contribution in [0.1, 0.15) is 23.2 Å². The van der Waals surface area contributed by atoms with Crippen molar-refractivity contribution < 1.29 is 13.6 Å². The number of nitrogens with one attached hydrogen (secondary N) is 1. The number of rotatable bonds is 5. The van der Waals surface area contributed by atoms with Gasteiger partial charge in [-0.2, -0.15) is 5.26 Å². The standard InChI is InChI=1S/C16H11Cl2F2N3OS/c1-8-5-12(15(19)20)22-16(9(8)6-21)25-7-13(24)23-14-10(17)3-2-4-11(14)18/h2-5,15H,7H2,1H3,(H,23,24). The average molecular weight is 402 g/mol. The van der Waals surface area contributed by atoms with Gasteiger partial charge >= 0.3 is 0 Å². The van der Waals surface area contributed by atoms with Gasteiger partial charge in [-0.15, -0.1) is 0 Å². The van der Waals surface area contributed by atoms with Gasteiger partial charge in [0.15, 0.2) is 0 Å². The summed E-state index contributed by atoms with van der Waals surface area (Å²) in [6, 6.07) is 7.86. The number of aryl methyl sites for hydroxylation is 1. The fraction of sp³-hybridized carbons (Fsp3) is 0.188. The first-order chi connectivity index (χ1) is 11.8. The van der Waals surface area contributed by atoms with Crippen LogP contribution in [0.5, 0.6) is 0 Å². The Hall–Kier alpha value is -1.88. The summed E-state index contributed by atoms with van der Waals surface area (Å²) in [5.74, 6) is -0.596. The highest BCUT2D eigenvalue weighted by molar-refractivity contribution is 8.00. The lowest BCUT2D eigenvalue weighted by molar-refractivity contribution is -0.113. The van der Waals surface area contributed by atoms with Crippen LogP contribution in [0.2, 0.25) is 10.0 Å². The number of amides is 1. The smallest absolute Gasteiger partial charge is 0.280 e. The van der Waals surface area contributed by atoms with Crippen LogP contribution in [-0.2, 0) is 4.79 Å². The predicted molar refractivity (Wildman–Crippen MR) is 94.5 cm³/mol. The predicted octanol–water partition coefficient (Wildman–Crippen LogP) is 5.24. The van der Waals surface area contributed by atoms with Crippen molar-refractivity contribution in [3.63, 3.8) is 0 Å². The number of nitriles is 1. The van der Waals surface area contributed by atoms with E-state index in [9.17, 15) is 18.8 Å². The number of carbonyl (C=O) groups is 1. The molecule has 0 spiro atoms. The van der Waals surface area contributed by atoms with E-state index in [0.717, 1.165) is 17.8 Å². The van der Waals surface area contributed by atoms with Crippen LogP contribution in [0.4, 0.5) is 14.5 Å². The fourth-order valence-electron chi connectivity index (χ4n) is 1.95. The van der Waals surface area contributed by atoms with Crippen molar-refractivity contribution in [3.05, 3.63) is 51.1 Å². The minimum atomic E-state index is -2.76. The van der Waals surface area contributed by atoms with E-state index >= 15 is 0 Å². The Labute approximate surface area is 157 Å². The Kier molecular flexibility index (Phi) is 6.59. The SMILES string of the molecule is Cc1cc(C(F)F)nc(SCC(=O)Nc2c(Cl)cccc2Cl)c1C#N. The summed E-state index contributed by atoms with van der Waals surface area (Å²) in [5, 5.41) is 12.4. The molecule has 0 fully saturated rings. The van der Waals surface area contributed by atoms with Crippen LogP contribution >= 0.6 is 35.0 Å². The number of para-hydroxylation sites is 1. The number of nitrogens with zero attached hydrogens (tertiary/aromatic N) is 2. The molecule has 25 heavy (non-hydrogen) atoms. The highest BCUT2D eigenvalue weighted by atomic mass is 35.5. The van der Waals surface area contributed by atoms with Gasteiger partial charge in [0.2, 0.25) is 5.91 Å². The van der Waals surface area contributed by atoms with E-state index in [1.165, 1.54) is 0 Å². The molecule has 1 amide bonds. The van der Waals surface area contributed by atoms with Crippen molar-refractivity contribution in [2.45, 2.75) is 18.4 Å². The second kappa shape index (κ2) is 8.48. The van der Waals surface area contributed by atoms with E-state index in [2.05, 4.69) is 10.3 Å². The third kappa shape index (κ3) is 4.82. The Balaban J connectivity index is 2.15. The van der Waals surface area contributed by atoms with Gasteiger partial charge in [-0.25, -0.2) is 13.8 Å². The van der Waals surface area contributed by atoms with Crippen LogP contribution in [0.15, 0.2) is 29.3 Å². The molecular formula is C16H11Cl2F2N3OS. The minimum Gasteiger partial charge on any atom is -0.323 e. The summed E-state index contributed by atoms with van der Waals surface area (Å²) >= 11 is 12.8. The second-order valence-electron chi connectivity index (χ2n) is 4.89. The third-order valence-electron chi connectivity index (χ3n) is 3.11. The number of halogens is 4. The molecule has 0 bridgehead atoms. The molecule has 4 nitrogen and oxygen atoms in total. The Morgan fingerprint density at radius 3 is 2.60 bits per heavy atom. The molecule has 0 aliphatic heterocycles. The minimum absolute atomic E-state index is 0.0817.